The molecule has 1 rings (SSSR count). The van der Waals surface area contributed by atoms with Crippen LogP contribution in [0.25, 0.3) is 0 Å². The molecule has 20 heavy (non-hydrogen) atoms. The van der Waals surface area contributed by atoms with Gasteiger partial charge in [-0.05, 0) is 25.3 Å². The van der Waals surface area contributed by atoms with Crippen LogP contribution in [0.15, 0.2) is 23.1 Å². The number of nitrogens with one attached hydrogen (secondary N) is 1. The third-order valence-corrected chi connectivity index (χ3v) is 3.48. The van der Waals surface area contributed by atoms with E-state index in [2.05, 4.69) is 5.32 Å². The number of nitro benzene ring substituents is 1. The number of nitrogens with zero attached hydrogens (tertiary/aromatic N) is 1. The molecule has 0 radical (unpaired) electrons. The largest absolute Gasteiger partial charge is 0.394 e. The molecular weight excluding hydrogens is 284 g/mol. The highest BCUT2D eigenvalue weighted by Gasteiger charge is 2.28. The Labute approximate surface area is 120 Å². The maximum absolute atomic E-state index is 12.1. The number of hydrogen-bond donors (Lipinski definition) is 3. The molecule has 3 N–H and O–H groups in total. The zero-order chi connectivity index (χ0) is 15.3. The molecule has 0 unspecified atom stereocenters. The lowest BCUT2D eigenvalue weighted by molar-refractivity contribution is -0.385. The maximum atomic E-state index is 12.1. The van der Waals surface area contributed by atoms with Gasteiger partial charge in [-0.1, -0.05) is 0 Å². The van der Waals surface area contributed by atoms with Crippen molar-refractivity contribution in [3.05, 3.63) is 33.9 Å². The number of benzene rings is 1. The van der Waals surface area contributed by atoms with Crippen LogP contribution in [-0.2, 0) is 0 Å². The van der Waals surface area contributed by atoms with Gasteiger partial charge in [0.25, 0.3) is 11.6 Å². The molecule has 0 bridgehead atoms. The highest BCUT2D eigenvalue weighted by atomic mass is 32.2. The van der Waals surface area contributed by atoms with E-state index in [0.29, 0.717) is 4.90 Å². The third-order valence-electron chi connectivity index (χ3n) is 2.76. The molecule has 1 aromatic rings. The van der Waals surface area contributed by atoms with Gasteiger partial charge in [0.15, 0.2) is 0 Å². The van der Waals surface area contributed by atoms with Gasteiger partial charge in [-0.15, -0.1) is 11.8 Å². The van der Waals surface area contributed by atoms with E-state index in [1.165, 1.54) is 30.8 Å². The summed E-state index contributed by atoms with van der Waals surface area (Å²) in [6.45, 7) is 0.478. The van der Waals surface area contributed by atoms with Crippen molar-refractivity contribution >= 4 is 23.4 Å². The summed E-state index contributed by atoms with van der Waals surface area (Å²) in [5, 5.41) is 31.6. The molecule has 0 aliphatic rings. The van der Waals surface area contributed by atoms with Gasteiger partial charge >= 0.3 is 0 Å². The fraction of sp³-hybridized carbons (Fsp3) is 0.417. The summed E-state index contributed by atoms with van der Waals surface area (Å²) in [7, 11) is 0. The quantitative estimate of drug-likeness (QED) is 0.407. The maximum Gasteiger partial charge on any atom is 0.282 e. The minimum atomic E-state index is -1.24. The molecule has 0 aliphatic heterocycles. The van der Waals surface area contributed by atoms with Crippen LogP contribution in [0.4, 0.5) is 5.69 Å². The molecule has 0 aromatic heterocycles. The molecule has 0 heterocycles. The first kappa shape index (κ1) is 16.4. The summed E-state index contributed by atoms with van der Waals surface area (Å²) in [6.07, 6.45) is 1.79. The van der Waals surface area contributed by atoms with Crippen LogP contribution in [0, 0.1) is 10.1 Å². The van der Waals surface area contributed by atoms with Crippen molar-refractivity contribution in [2.45, 2.75) is 17.4 Å². The van der Waals surface area contributed by atoms with Crippen molar-refractivity contribution in [3.63, 3.8) is 0 Å². The second-order valence-electron chi connectivity index (χ2n) is 4.47. The Bertz CT molecular complexity index is 517. The normalized spacial score (nSPS) is 11.2. The summed E-state index contributed by atoms with van der Waals surface area (Å²) in [5.74, 6) is -0.710. The number of aliphatic hydroxyl groups excluding tert-OH is 2. The van der Waals surface area contributed by atoms with Gasteiger partial charge in [0.1, 0.15) is 5.56 Å². The van der Waals surface area contributed by atoms with Crippen LogP contribution in [-0.4, -0.2) is 46.1 Å². The second kappa shape index (κ2) is 6.69. The molecule has 7 nitrogen and oxygen atoms in total. The molecule has 0 fully saturated rings. The number of nitro groups is 1. The van der Waals surface area contributed by atoms with Crippen LogP contribution >= 0.6 is 11.8 Å². The fourth-order valence-corrected chi connectivity index (χ4v) is 1.89. The summed E-state index contributed by atoms with van der Waals surface area (Å²) in [4.78, 5) is 23.1. The number of aliphatic hydroxyl groups is 2. The number of carbonyl (C=O) groups excluding carboxylic acids is 1. The summed E-state index contributed by atoms with van der Waals surface area (Å²) < 4.78 is 0. The summed E-state index contributed by atoms with van der Waals surface area (Å²) >= 11 is 1.35. The van der Waals surface area contributed by atoms with Crippen molar-refractivity contribution < 1.29 is 19.9 Å². The van der Waals surface area contributed by atoms with E-state index < -0.39 is 29.6 Å². The van der Waals surface area contributed by atoms with Crippen LogP contribution < -0.4 is 5.32 Å². The van der Waals surface area contributed by atoms with Gasteiger partial charge in [0.05, 0.1) is 23.7 Å². The lowest BCUT2D eigenvalue weighted by Gasteiger charge is -2.26. The fourth-order valence-electron chi connectivity index (χ4n) is 1.45. The highest BCUT2D eigenvalue weighted by molar-refractivity contribution is 7.98. The van der Waals surface area contributed by atoms with Gasteiger partial charge in [0, 0.05) is 11.0 Å². The Kier molecular flexibility index (Phi) is 5.49. The molecule has 110 valence electrons. The smallest absolute Gasteiger partial charge is 0.282 e. The molecule has 1 amide bonds. The van der Waals surface area contributed by atoms with Crippen LogP contribution in [0.2, 0.25) is 0 Å². The topological polar surface area (TPSA) is 113 Å². The zero-order valence-corrected chi connectivity index (χ0v) is 11.9. The molecule has 0 saturated heterocycles. The molecule has 0 aliphatic carbocycles. The number of thioether (sulfide) groups is 1. The minimum Gasteiger partial charge on any atom is -0.394 e. The average molecular weight is 300 g/mol. The first-order chi connectivity index (χ1) is 9.36. The van der Waals surface area contributed by atoms with Crippen LogP contribution in [0.5, 0.6) is 0 Å². The van der Waals surface area contributed by atoms with Crippen molar-refractivity contribution in [2.24, 2.45) is 0 Å². The van der Waals surface area contributed by atoms with Gasteiger partial charge < -0.3 is 15.5 Å². The van der Waals surface area contributed by atoms with E-state index in [1.807, 2.05) is 0 Å². The number of amides is 1. The van der Waals surface area contributed by atoms with E-state index in [4.69, 9.17) is 10.2 Å². The Hall–Kier alpha value is -1.64. The first-order valence-electron chi connectivity index (χ1n) is 5.73. The molecule has 1 aromatic carbocycles. The molecule has 8 heteroatoms. The van der Waals surface area contributed by atoms with Gasteiger partial charge in [-0.3, -0.25) is 14.9 Å². The minimum absolute atomic E-state index is 0.102. The van der Waals surface area contributed by atoms with Crippen molar-refractivity contribution in [1.82, 2.24) is 5.32 Å². The van der Waals surface area contributed by atoms with Crippen molar-refractivity contribution in [3.8, 4) is 0 Å². The van der Waals surface area contributed by atoms with Crippen LogP contribution in [0.3, 0.4) is 0 Å². The van der Waals surface area contributed by atoms with E-state index >= 15 is 0 Å². The standard InChI is InChI=1S/C12H16N2O5S/c1-12(6-15,7-16)13-11(17)9-5-8(20-2)3-4-10(9)14(18)19/h3-5,15-16H,6-7H2,1-2H3,(H,13,17). The molecule has 0 saturated carbocycles. The predicted octanol–water partition coefficient (Wildman–Crippen LogP) is 0.790. The Morgan fingerprint density at radius 3 is 2.50 bits per heavy atom. The Balaban J connectivity index is 3.16. The SMILES string of the molecule is CSc1ccc([N+](=O)[O-])c(C(=O)NC(C)(CO)CO)c1. The molecular formula is C12H16N2O5S. The lowest BCUT2D eigenvalue weighted by atomic mass is 10.0. The van der Waals surface area contributed by atoms with Crippen molar-refractivity contribution in [2.75, 3.05) is 19.5 Å². The van der Waals surface area contributed by atoms with Crippen LogP contribution in [0.1, 0.15) is 17.3 Å². The molecule has 0 atom stereocenters. The highest BCUT2D eigenvalue weighted by Crippen LogP contribution is 2.25. The van der Waals surface area contributed by atoms with E-state index in [1.54, 1.807) is 12.3 Å². The van der Waals surface area contributed by atoms with E-state index in [0.717, 1.165) is 0 Å². The van der Waals surface area contributed by atoms with Gasteiger partial charge in [-0.2, -0.15) is 0 Å². The number of carbonyl (C=O) groups is 1. The third kappa shape index (κ3) is 3.69. The number of rotatable bonds is 6. The van der Waals surface area contributed by atoms with Gasteiger partial charge in [0.2, 0.25) is 0 Å². The summed E-state index contributed by atoms with van der Waals surface area (Å²) in [6, 6.07) is 4.22. The van der Waals surface area contributed by atoms with Gasteiger partial charge in [-0.25, -0.2) is 0 Å². The van der Waals surface area contributed by atoms with E-state index in [-0.39, 0.29) is 11.3 Å². The zero-order valence-electron chi connectivity index (χ0n) is 11.1. The average Bonchev–Trinajstić information content (AvgIpc) is 2.46. The second-order valence-corrected chi connectivity index (χ2v) is 5.35. The Morgan fingerprint density at radius 1 is 1.45 bits per heavy atom. The summed E-state index contributed by atoms with van der Waals surface area (Å²) in [5.41, 5.74) is -1.66. The molecule has 0 spiro atoms. The predicted molar refractivity (Wildman–Crippen MR) is 74.9 cm³/mol. The number of hydrogen-bond acceptors (Lipinski definition) is 6. The van der Waals surface area contributed by atoms with E-state index in [9.17, 15) is 14.9 Å². The monoisotopic (exact) mass is 300 g/mol. The lowest BCUT2D eigenvalue weighted by Crippen LogP contribution is -2.51. The first-order valence-corrected chi connectivity index (χ1v) is 6.96. The van der Waals surface area contributed by atoms with Crippen molar-refractivity contribution in [1.29, 1.82) is 0 Å². The Morgan fingerprint density at radius 2 is 2.05 bits per heavy atom.